The number of thiophene rings is 1. The van der Waals surface area contributed by atoms with E-state index in [1.807, 2.05) is 0 Å². The summed E-state index contributed by atoms with van der Waals surface area (Å²) in [4.78, 5) is 15.9. The van der Waals surface area contributed by atoms with Crippen LogP contribution < -0.4 is 0 Å². The summed E-state index contributed by atoms with van der Waals surface area (Å²) in [6, 6.07) is 65.1. The van der Waals surface area contributed by atoms with Crippen LogP contribution in [0.4, 0.5) is 0 Å². The summed E-state index contributed by atoms with van der Waals surface area (Å²) in [6.45, 7) is 0. The Morgan fingerprint density at radius 1 is 0.357 bits per heavy atom. The summed E-state index contributed by atoms with van der Waals surface area (Å²) in [7, 11) is 0. The van der Waals surface area contributed by atoms with Crippen molar-refractivity contribution in [3.8, 4) is 39.9 Å². The maximum absolute atomic E-state index is 5.34. The molecule has 12 rings (SSSR count). The maximum atomic E-state index is 5.34. The molecule has 260 valence electrons. The number of hydrogen-bond donors (Lipinski definition) is 0. The van der Waals surface area contributed by atoms with Crippen LogP contribution in [0.15, 0.2) is 182 Å². The topological polar surface area (TPSA) is 43.6 Å². The van der Waals surface area contributed by atoms with Gasteiger partial charge in [-0.25, -0.2) is 15.0 Å². The maximum Gasteiger partial charge on any atom is 0.165 e. The van der Waals surface area contributed by atoms with E-state index in [9.17, 15) is 0 Å². The van der Waals surface area contributed by atoms with Crippen molar-refractivity contribution in [1.82, 2.24) is 19.5 Å². The Labute approximate surface area is 325 Å². The lowest BCUT2D eigenvalue weighted by Crippen LogP contribution is -2.01. The molecule has 56 heavy (non-hydrogen) atoms. The van der Waals surface area contributed by atoms with Gasteiger partial charge in [0.2, 0.25) is 0 Å². The average molecular weight is 731 g/mol. The summed E-state index contributed by atoms with van der Waals surface area (Å²) in [5.41, 5.74) is 6.39. The largest absolute Gasteiger partial charge is 0.309 e. The summed E-state index contributed by atoms with van der Waals surface area (Å²) >= 11 is 1.79. The molecule has 0 unspecified atom stereocenters. The quantitative estimate of drug-likeness (QED) is 0.181. The van der Waals surface area contributed by atoms with Crippen LogP contribution >= 0.6 is 11.3 Å². The van der Waals surface area contributed by atoms with E-state index in [1.165, 1.54) is 58.1 Å². The van der Waals surface area contributed by atoms with Crippen molar-refractivity contribution in [3.63, 3.8) is 0 Å². The molecule has 0 aliphatic carbocycles. The highest BCUT2D eigenvalue weighted by Gasteiger charge is 2.20. The number of hydrogen-bond acceptors (Lipinski definition) is 4. The van der Waals surface area contributed by atoms with E-state index in [1.54, 1.807) is 11.3 Å². The first kappa shape index (κ1) is 31.2. The number of para-hydroxylation sites is 1. The van der Waals surface area contributed by atoms with Crippen LogP contribution in [0.25, 0.3) is 114 Å². The third kappa shape index (κ3) is 4.75. The molecule has 9 aromatic carbocycles. The highest BCUT2D eigenvalue weighted by Crippen LogP contribution is 2.41. The monoisotopic (exact) mass is 730 g/mol. The van der Waals surface area contributed by atoms with Crippen molar-refractivity contribution in [2.75, 3.05) is 0 Å². The molecule has 5 heteroatoms. The minimum absolute atomic E-state index is 0.646. The number of benzene rings is 9. The van der Waals surface area contributed by atoms with E-state index in [2.05, 4.69) is 187 Å². The second-order valence-corrected chi connectivity index (χ2v) is 15.4. The van der Waals surface area contributed by atoms with Gasteiger partial charge in [0.1, 0.15) is 0 Å². The zero-order valence-corrected chi connectivity index (χ0v) is 30.8. The van der Waals surface area contributed by atoms with Crippen LogP contribution in [0.5, 0.6) is 0 Å². The number of fused-ring (bicyclic) bond motifs is 9. The molecule has 0 radical (unpaired) electrons. The Bertz CT molecular complexity index is 3560. The first-order valence-corrected chi connectivity index (χ1v) is 19.7. The summed E-state index contributed by atoms with van der Waals surface area (Å²) in [6.07, 6.45) is 0. The van der Waals surface area contributed by atoms with Crippen molar-refractivity contribution in [1.29, 1.82) is 0 Å². The second-order valence-electron chi connectivity index (χ2n) is 14.4. The van der Waals surface area contributed by atoms with Gasteiger partial charge in [-0.3, -0.25) is 0 Å². The molecule has 12 aromatic rings. The molecule has 3 heterocycles. The van der Waals surface area contributed by atoms with Gasteiger partial charge in [-0.2, -0.15) is 0 Å². The van der Waals surface area contributed by atoms with E-state index < -0.39 is 0 Å². The van der Waals surface area contributed by atoms with Crippen LogP contribution in [-0.4, -0.2) is 19.5 Å². The minimum Gasteiger partial charge on any atom is -0.309 e. The Morgan fingerprint density at radius 3 is 1.82 bits per heavy atom. The molecule has 0 spiro atoms. The second kappa shape index (κ2) is 12.2. The molecule has 0 bridgehead atoms. The predicted octanol–water partition coefficient (Wildman–Crippen LogP) is 13.8. The van der Waals surface area contributed by atoms with Gasteiger partial charge in [0.05, 0.1) is 16.7 Å². The normalized spacial score (nSPS) is 11.9. The fourth-order valence-corrected chi connectivity index (χ4v) is 9.81. The van der Waals surface area contributed by atoms with Gasteiger partial charge in [-0.1, -0.05) is 140 Å². The first-order valence-electron chi connectivity index (χ1n) is 18.9. The lowest BCUT2D eigenvalue weighted by molar-refractivity contribution is 1.08. The third-order valence-corrected chi connectivity index (χ3v) is 12.4. The van der Waals surface area contributed by atoms with E-state index in [0.29, 0.717) is 17.5 Å². The average Bonchev–Trinajstić information content (AvgIpc) is 3.80. The molecule has 0 N–H and O–H groups in total. The smallest absolute Gasteiger partial charge is 0.165 e. The molecular weight excluding hydrogens is 701 g/mol. The Balaban J connectivity index is 1.12. The number of rotatable bonds is 4. The van der Waals surface area contributed by atoms with Crippen molar-refractivity contribution in [2.24, 2.45) is 0 Å². The predicted molar refractivity (Wildman–Crippen MR) is 236 cm³/mol. The highest BCUT2D eigenvalue weighted by molar-refractivity contribution is 7.26. The van der Waals surface area contributed by atoms with Gasteiger partial charge in [0.15, 0.2) is 17.5 Å². The SMILES string of the molecule is c1ccc2cc(-c3nc(-c4cccc5c(-n6c7ccccc7c7cc8ccccc8cc76)cccc45)nc(-c4cccc5c4sc4ccccc45)n3)ccc2c1. The molecule has 0 aliphatic heterocycles. The minimum atomic E-state index is 0.646. The van der Waals surface area contributed by atoms with Crippen LogP contribution in [0.3, 0.4) is 0 Å². The van der Waals surface area contributed by atoms with Gasteiger partial charge in [0, 0.05) is 53.0 Å². The van der Waals surface area contributed by atoms with E-state index in [4.69, 9.17) is 15.0 Å². The van der Waals surface area contributed by atoms with Gasteiger partial charge >= 0.3 is 0 Å². The highest BCUT2D eigenvalue weighted by atomic mass is 32.1. The molecule has 0 aliphatic rings. The number of aromatic nitrogens is 4. The van der Waals surface area contributed by atoms with Crippen LogP contribution in [0, 0.1) is 0 Å². The summed E-state index contributed by atoms with van der Waals surface area (Å²) in [5.74, 6) is 1.96. The van der Waals surface area contributed by atoms with Gasteiger partial charge in [-0.05, 0) is 69.4 Å². The zero-order chi connectivity index (χ0) is 36.7. The Hall–Kier alpha value is -7.21. The van der Waals surface area contributed by atoms with Crippen LogP contribution in [-0.2, 0) is 0 Å². The molecule has 4 nitrogen and oxygen atoms in total. The van der Waals surface area contributed by atoms with Crippen molar-refractivity contribution in [3.05, 3.63) is 182 Å². The lowest BCUT2D eigenvalue weighted by atomic mass is 10.0. The molecule has 0 saturated carbocycles. The molecule has 0 fully saturated rings. The van der Waals surface area contributed by atoms with Crippen molar-refractivity contribution in [2.45, 2.75) is 0 Å². The van der Waals surface area contributed by atoms with Gasteiger partial charge < -0.3 is 4.57 Å². The van der Waals surface area contributed by atoms with Crippen LogP contribution in [0.1, 0.15) is 0 Å². The van der Waals surface area contributed by atoms with Gasteiger partial charge in [-0.15, -0.1) is 11.3 Å². The standard InChI is InChI=1S/C51H30N4S/c1-2-13-32-28-35(27-26-31(32)12-1)49-52-50(54-51(53-49)42-22-10-20-40-39-17-6-8-25-47(39)56-48(40)42)41-21-9-19-37-36(41)18-11-24-45(37)55-44-23-7-5-16-38(44)43-29-33-14-3-4-15-34(33)30-46(43)55/h1-30H. The van der Waals surface area contributed by atoms with Crippen molar-refractivity contribution < 1.29 is 0 Å². The number of nitrogens with zero attached hydrogens (tertiary/aromatic N) is 4. The fraction of sp³-hybridized carbons (Fsp3) is 0. The summed E-state index contributed by atoms with van der Waals surface area (Å²) in [5, 5.41) is 11.9. The Kier molecular flexibility index (Phi) is 6.76. The molecule has 0 amide bonds. The Morgan fingerprint density at radius 2 is 0.964 bits per heavy atom. The van der Waals surface area contributed by atoms with E-state index in [0.717, 1.165) is 38.5 Å². The third-order valence-electron chi connectivity index (χ3n) is 11.2. The van der Waals surface area contributed by atoms with Gasteiger partial charge in [0.25, 0.3) is 0 Å². The molecular formula is C51H30N4S. The van der Waals surface area contributed by atoms with Crippen LogP contribution in [0.2, 0.25) is 0 Å². The molecule has 0 saturated heterocycles. The molecule has 3 aromatic heterocycles. The van der Waals surface area contributed by atoms with E-state index >= 15 is 0 Å². The van der Waals surface area contributed by atoms with E-state index in [-0.39, 0.29) is 0 Å². The fourth-order valence-electron chi connectivity index (χ4n) is 8.60. The zero-order valence-electron chi connectivity index (χ0n) is 30.0. The summed E-state index contributed by atoms with van der Waals surface area (Å²) < 4.78 is 4.85. The first-order chi connectivity index (χ1) is 27.7. The van der Waals surface area contributed by atoms with Crippen molar-refractivity contribution >= 4 is 85.6 Å². The lowest BCUT2D eigenvalue weighted by Gasteiger charge is -2.15. The molecule has 0 atom stereocenters.